The molecular formula is C10H16N4O2. The van der Waals surface area contributed by atoms with E-state index in [-0.39, 0.29) is 0 Å². The van der Waals surface area contributed by atoms with Gasteiger partial charge in [-0.2, -0.15) is 4.98 Å². The SMILES string of the molecule is COc1cc(NC2CCNCC2)[nH]c(=O)n1. The van der Waals surface area contributed by atoms with Gasteiger partial charge >= 0.3 is 5.69 Å². The number of hydrogen-bond acceptors (Lipinski definition) is 5. The molecule has 0 aromatic carbocycles. The molecule has 1 aromatic heterocycles. The normalized spacial score (nSPS) is 17.1. The maximum atomic E-state index is 11.2. The lowest BCUT2D eigenvalue weighted by Crippen LogP contribution is -2.35. The molecule has 0 amide bonds. The third-order valence-electron chi connectivity index (χ3n) is 2.63. The Morgan fingerprint density at radius 2 is 2.25 bits per heavy atom. The monoisotopic (exact) mass is 224 g/mol. The van der Waals surface area contributed by atoms with E-state index in [4.69, 9.17) is 4.74 Å². The first-order chi connectivity index (χ1) is 7.78. The Morgan fingerprint density at radius 1 is 1.50 bits per heavy atom. The average molecular weight is 224 g/mol. The van der Waals surface area contributed by atoms with Gasteiger partial charge in [0, 0.05) is 12.1 Å². The summed E-state index contributed by atoms with van der Waals surface area (Å²) in [6.07, 6.45) is 2.10. The van der Waals surface area contributed by atoms with E-state index in [1.54, 1.807) is 6.07 Å². The van der Waals surface area contributed by atoms with Crippen LogP contribution >= 0.6 is 0 Å². The van der Waals surface area contributed by atoms with Crippen molar-refractivity contribution in [2.45, 2.75) is 18.9 Å². The van der Waals surface area contributed by atoms with Gasteiger partial charge in [0.05, 0.1) is 7.11 Å². The quantitative estimate of drug-likeness (QED) is 0.670. The molecule has 1 aliphatic rings. The average Bonchev–Trinajstić information content (AvgIpc) is 2.29. The van der Waals surface area contributed by atoms with Crippen molar-refractivity contribution in [3.05, 3.63) is 16.6 Å². The smallest absolute Gasteiger partial charge is 0.349 e. The minimum absolute atomic E-state index is 0.334. The second kappa shape index (κ2) is 4.98. The summed E-state index contributed by atoms with van der Waals surface area (Å²) < 4.78 is 4.94. The van der Waals surface area contributed by atoms with Crippen LogP contribution in [0.1, 0.15) is 12.8 Å². The van der Waals surface area contributed by atoms with Gasteiger partial charge in [-0.05, 0) is 25.9 Å². The van der Waals surface area contributed by atoms with Crippen LogP contribution in [0.15, 0.2) is 10.9 Å². The Bertz CT molecular complexity index is 398. The molecule has 0 unspecified atom stereocenters. The molecule has 1 saturated heterocycles. The standard InChI is InChI=1S/C10H16N4O2/c1-16-9-6-8(13-10(15)14-9)12-7-2-4-11-5-3-7/h6-7,11H,2-5H2,1H3,(H2,12,13,14,15). The van der Waals surface area contributed by atoms with Gasteiger partial charge in [0.2, 0.25) is 5.88 Å². The number of ether oxygens (including phenoxy) is 1. The first-order valence-electron chi connectivity index (χ1n) is 5.40. The van der Waals surface area contributed by atoms with Gasteiger partial charge in [-0.1, -0.05) is 0 Å². The van der Waals surface area contributed by atoms with Crippen LogP contribution in [0, 0.1) is 0 Å². The minimum Gasteiger partial charge on any atom is -0.481 e. The lowest BCUT2D eigenvalue weighted by Gasteiger charge is -2.24. The number of nitrogens with zero attached hydrogens (tertiary/aromatic N) is 1. The zero-order valence-corrected chi connectivity index (χ0v) is 9.25. The fourth-order valence-corrected chi connectivity index (χ4v) is 1.80. The van der Waals surface area contributed by atoms with Crippen molar-refractivity contribution in [1.29, 1.82) is 0 Å². The highest BCUT2D eigenvalue weighted by Crippen LogP contribution is 2.13. The van der Waals surface area contributed by atoms with E-state index in [0.717, 1.165) is 25.9 Å². The number of methoxy groups -OCH3 is 1. The highest BCUT2D eigenvalue weighted by Gasteiger charge is 2.13. The minimum atomic E-state index is -0.393. The van der Waals surface area contributed by atoms with E-state index < -0.39 is 5.69 Å². The maximum absolute atomic E-state index is 11.2. The molecule has 1 fully saturated rings. The Labute approximate surface area is 93.4 Å². The van der Waals surface area contributed by atoms with E-state index in [1.165, 1.54) is 7.11 Å². The summed E-state index contributed by atoms with van der Waals surface area (Å²) in [4.78, 5) is 17.5. The molecule has 16 heavy (non-hydrogen) atoms. The molecule has 6 heteroatoms. The summed E-state index contributed by atoms with van der Waals surface area (Å²) in [5, 5.41) is 6.57. The second-order valence-corrected chi connectivity index (χ2v) is 3.81. The molecule has 1 aliphatic heterocycles. The third kappa shape index (κ3) is 2.73. The summed E-state index contributed by atoms with van der Waals surface area (Å²) in [6, 6.07) is 2.09. The topological polar surface area (TPSA) is 79.0 Å². The highest BCUT2D eigenvalue weighted by molar-refractivity contribution is 5.38. The van der Waals surface area contributed by atoms with Crippen molar-refractivity contribution in [2.24, 2.45) is 0 Å². The summed E-state index contributed by atoms with van der Waals surface area (Å²) in [5.41, 5.74) is -0.393. The number of piperidine rings is 1. The molecule has 0 aliphatic carbocycles. The molecule has 6 nitrogen and oxygen atoms in total. The van der Waals surface area contributed by atoms with E-state index in [1.807, 2.05) is 0 Å². The first-order valence-corrected chi connectivity index (χ1v) is 5.40. The van der Waals surface area contributed by atoms with E-state index in [2.05, 4.69) is 20.6 Å². The van der Waals surface area contributed by atoms with Crippen LogP contribution in [0.2, 0.25) is 0 Å². The van der Waals surface area contributed by atoms with E-state index in [0.29, 0.717) is 17.7 Å². The molecule has 0 atom stereocenters. The van der Waals surface area contributed by atoms with Crippen LogP contribution < -0.4 is 21.1 Å². The van der Waals surface area contributed by atoms with Gasteiger partial charge in [0.25, 0.3) is 0 Å². The van der Waals surface area contributed by atoms with Crippen molar-refractivity contribution in [3.63, 3.8) is 0 Å². The molecule has 0 radical (unpaired) electrons. The van der Waals surface area contributed by atoms with Crippen LogP contribution in [-0.4, -0.2) is 36.2 Å². The van der Waals surface area contributed by atoms with Crippen molar-refractivity contribution >= 4 is 5.82 Å². The van der Waals surface area contributed by atoms with Gasteiger partial charge in [-0.15, -0.1) is 0 Å². The highest BCUT2D eigenvalue weighted by atomic mass is 16.5. The van der Waals surface area contributed by atoms with Gasteiger partial charge in [0.1, 0.15) is 5.82 Å². The number of hydrogen-bond donors (Lipinski definition) is 3. The molecule has 2 rings (SSSR count). The summed E-state index contributed by atoms with van der Waals surface area (Å²) in [7, 11) is 1.50. The van der Waals surface area contributed by atoms with E-state index >= 15 is 0 Å². The first kappa shape index (κ1) is 10.9. The lowest BCUT2D eigenvalue weighted by atomic mass is 10.1. The second-order valence-electron chi connectivity index (χ2n) is 3.81. The Balaban J connectivity index is 2.07. The number of anilines is 1. The summed E-state index contributed by atoms with van der Waals surface area (Å²) >= 11 is 0. The lowest BCUT2D eigenvalue weighted by molar-refractivity contribution is 0.395. The number of H-pyrrole nitrogens is 1. The number of nitrogens with one attached hydrogen (secondary N) is 3. The van der Waals surface area contributed by atoms with Crippen LogP contribution in [0.25, 0.3) is 0 Å². The Morgan fingerprint density at radius 3 is 2.94 bits per heavy atom. The Hall–Kier alpha value is -1.56. The van der Waals surface area contributed by atoms with Gasteiger partial charge in [0.15, 0.2) is 0 Å². The maximum Gasteiger partial charge on any atom is 0.349 e. The number of aromatic amines is 1. The fourth-order valence-electron chi connectivity index (χ4n) is 1.80. The Kier molecular flexibility index (Phi) is 3.40. The van der Waals surface area contributed by atoms with Crippen LogP contribution in [-0.2, 0) is 0 Å². The van der Waals surface area contributed by atoms with Crippen molar-refractivity contribution in [1.82, 2.24) is 15.3 Å². The largest absolute Gasteiger partial charge is 0.481 e. The zero-order valence-electron chi connectivity index (χ0n) is 9.25. The van der Waals surface area contributed by atoms with Crippen LogP contribution in [0.5, 0.6) is 5.88 Å². The third-order valence-corrected chi connectivity index (χ3v) is 2.63. The van der Waals surface area contributed by atoms with Crippen LogP contribution in [0.4, 0.5) is 5.82 Å². The van der Waals surface area contributed by atoms with Crippen molar-refractivity contribution in [2.75, 3.05) is 25.5 Å². The molecule has 0 saturated carbocycles. The summed E-state index contributed by atoms with van der Waals surface area (Å²) in [5.74, 6) is 1.00. The molecule has 1 aromatic rings. The van der Waals surface area contributed by atoms with Gasteiger partial charge in [-0.25, -0.2) is 4.79 Å². The van der Waals surface area contributed by atoms with E-state index in [9.17, 15) is 4.79 Å². The number of rotatable bonds is 3. The molecule has 2 heterocycles. The molecule has 0 bridgehead atoms. The molecular weight excluding hydrogens is 208 g/mol. The predicted octanol–water partition coefficient (Wildman–Crippen LogP) is -0.0576. The fraction of sp³-hybridized carbons (Fsp3) is 0.600. The van der Waals surface area contributed by atoms with Crippen LogP contribution in [0.3, 0.4) is 0 Å². The molecule has 3 N–H and O–H groups in total. The van der Waals surface area contributed by atoms with Crippen molar-refractivity contribution in [3.8, 4) is 5.88 Å². The molecule has 88 valence electrons. The van der Waals surface area contributed by atoms with Gasteiger partial charge < -0.3 is 15.4 Å². The van der Waals surface area contributed by atoms with Gasteiger partial charge in [-0.3, -0.25) is 4.98 Å². The zero-order chi connectivity index (χ0) is 11.4. The predicted molar refractivity (Wildman–Crippen MR) is 60.9 cm³/mol. The number of aromatic nitrogens is 2. The van der Waals surface area contributed by atoms with Crippen molar-refractivity contribution < 1.29 is 4.74 Å². The summed E-state index contributed by atoms with van der Waals surface area (Å²) in [6.45, 7) is 2.01. The molecule has 0 spiro atoms.